The second-order valence-corrected chi connectivity index (χ2v) is 9.00. The lowest BCUT2D eigenvalue weighted by Gasteiger charge is -2.23. The molecule has 3 atom stereocenters. The van der Waals surface area contributed by atoms with Crippen molar-refractivity contribution in [3.63, 3.8) is 0 Å². The van der Waals surface area contributed by atoms with Crippen molar-refractivity contribution < 1.29 is 13.2 Å². The summed E-state index contributed by atoms with van der Waals surface area (Å²) in [7, 11) is 3.75. The van der Waals surface area contributed by atoms with Gasteiger partial charge in [-0.25, -0.2) is 18.2 Å². The fraction of sp³-hybridized carbons (Fsp3) is 0.500. The highest BCUT2D eigenvalue weighted by atomic mass is 35.5. The van der Waals surface area contributed by atoms with Crippen molar-refractivity contribution >= 4 is 45.7 Å². The van der Waals surface area contributed by atoms with Crippen molar-refractivity contribution in [1.82, 2.24) is 10.3 Å². The lowest BCUT2D eigenvalue weighted by Crippen LogP contribution is -2.24. The third-order valence-corrected chi connectivity index (χ3v) is 6.75. The van der Waals surface area contributed by atoms with E-state index in [1.807, 2.05) is 19.5 Å². The van der Waals surface area contributed by atoms with Gasteiger partial charge in [0, 0.05) is 29.5 Å². The number of nitrogens with zero attached hydrogens (tertiary/aromatic N) is 1. The van der Waals surface area contributed by atoms with Crippen molar-refractivity contribution in [2.24, 2.45) is 11.8 Å². The summed E-state index contributed by atoms with van der Waals surface area (Å²) < 4.78 is 44.2. The number of benzene rings is 1. The number of anilines is 2. The number of hydrogen-bond acceptors (Lipinski definition) is 6. The zero-order valence-electron chi connectivity index (χ0n) is 15.4. The molecule has 0 spiro atoms. The molecule has 2 aliphatic rings. The molecule has 3 unspecified atom stereocenters. The van der Waals surface area contributed by atoms with Crippen molar-refractivity contribution in [3.05, 3.63) is 34.5 Å². The summed E-state index contributed by atoms with van der Waals surface area (Å²) in [5.74, 6) is -3.95. The van der Waals surface area contributed by atoms with Crippen molar-refractivity contribution in [3.8, 4) is 0 Å². The molecule has 2 saturated carbocycles. The van der Waals surface area contributed by atoms with Crippen LogP contribution in [0.3, 0.4) is 0 Å². The fourth-order valence-electron chi connectivity index (χ4n) is 3.42. The van der Waals surface area contributed by atoms with E-state index in [9.17, 15) is 13.2 Å². The monoisotopic (exact) mass is 450 g/mol. The van der Waals surface area contributed by atoms with Crippen LogP contribution in [0.25, 0.3) is 0 Å². The Hall–Kier alpha value is -1.16. The maximum absolute atomic E-state index is 14.3. The fourth-order valence-corrected chi connectivity index (χ4v) is 4.98. The van der Waals surface area contributed by atoms with E-state index in [0.717, 1.165) is 11.9 Å². The zero-order chi connectivity index (χ0) is 20.3. The molecule has 4 rings (SSSR count). The highest BCUT2D eigenvalue weighted by Crippen LogP contribution is 2.62. The van der Waals surface area contributed by atoms with Crippen LogP contribution >= 0.6 is 34.9 Å². The van der Waals surface area contributed by atoms with Gasteiger partial charge in [0.05, 0.1) is 15.6 Å². The number of alkyl halides is 2. The lowest BCUT2D eigenvalue weighted by molar-refractivity contribution is 0.0849. The first-order valence-corrected chi connectivity index (χ1v) is 11.0. The van der Waals surface area contributed by atoms with Crippen molar-refractivity contribution in [1.29, 1.82) is 0 Å². The molecule has 10 heteroatoms. The second kappa shape index (κ2) is 9.11. The number of aromatic nitrogens is 1. The summed E-state index contributed by atoms with van der Waals surface area (Å²) in [6.07, 6.45) is 3.21. The molecule has 2 aliphatic carbocycles. The van der Waals surface area contributed by atoms with Crippen LogP contribution in [-0.4, -0.2) is 31.0 Å². The first-order valence-electron chi connectivity index (χ1n) is 8.91. The zero-order valence-corrected chi connectivity index (χ0v) is 17.8. The average Bonchev–Trinajstić information content (AvgIpc) is 3.01. The molecule has 0 bridgehead atoms. The third kappa shape index (κ3) is 4.87. The van der Waals surface area contributed by atoms with Gasteiger partial charge in [0.15, 0.2) is 5.13 Å². The van der Waals surface area contributed by atoms with E-state index in [1.165, 1.54) is 23.5 Å². The normalized spacial score (nSPS) is 24.6. The first-order chi connectivity index (χ1) is 13.4. The molecule has 28 heavy (non-hydrogen) atoms. The van der Waals surface area contributed by atoms with Gasteiger partial charge in [0.25, 0.3) is 5.92 Å². The maximum atomic E-state index is 14.3. The SMILES string of the molecule is CNC.Fc1cc(NC2CCC3C(C2)C3(F)F)c(Cl)cc1SNc1nccs1. The van der Waals surface area contributed by atoms with Gasteiger partial charge in [-0.3, -0.25) is 0 Å². The predicted octanol–water partition coefficient (Wildman–Crippen LogP) is 5.74. The van der Waals surface area contributed by atoms with Crippen LogP contribution in [0.1, 0.15) is 19.3 Å². The van der Waals surface area contributed by atoms with Gasteiger partial charge in [-0.1, -0.05) is 11.6 Å². The number of fused-ring (bicyclic) bond motifs is 1. The summed E-state index contributed by atoms with van der Waals surface area (Å²) in [6.45, 7) is 0. The Morgan fingerprint density at radius 3 is 2.64 bits per heavy atom. The number of nitrogens with one attached hydrogen (secondary N) is 3. The van der Waals surface area contributed by atoms with Crippen LogP contribution in [0.5, 0.6) is 0 Å². The molecule has 0 saturated heterocycles. The minimum absolute atomic E-state index is 0.0986. The number of rotatable bonds is 5. The van der Waals surface area contributed by atoms with Gasteiger partial charge in [-0.15, -0.1) is 11.3 Å². The van der Waals surface area contributed by atoms with Gasteiger partial charge in [0.1, 0.15) is 5.82 Å². The molecule has 1 heterocycles. The quantitative estimate of drug-likeness (QED) is 0.507. The molecule has 0 radical (unpaired) electrons. The number of halogens is 4. The standard InChI is InChI=1S/C16H15ClF3N3S2.C2H7N/c17-11-6-14(25-23-15-21-3-4-24-15)12(18)7-13(11)22-8-1-2-9-10(5-8)16(9,19)20;1-3-2/h3-4,6-10,22H,1-2,5H2,(H,21,23);3H,1-2H3. The molecule has 3 N–H and O–H groups in total. The number of hydrogen-bond donors (Lipinski definition) is 3. The molecule has 4 nitrogen and oxygen atoms in total. The Balaban J connectivity index is 0.000000706. The van der Waals surface area contributed by atoms with Crippen LogP contribution in [0.15, 0.2) is 28.6 Å². The minimum atomic E-state index is -2.52. The third-order valence-electron chi connectivity index (χ3n) is 4.79. The van der Waals surface area contributed by atoms with Gasteiger partial charge in [0.2, 0.25) is 0 Å². The molecule has 0 aliphatic heterocycles. The molecule has 2 aromatic rings. The molecule has 1 aromatic carbocycles. The van der Waals surface area contributed by atoms with E-state index < -0.39 is 23.6 Å². The van der Waals surface area contributed by atoms with E-state index in [2.05, 4.69) is 20.3 Å². The molecule has 154 valence electrons. The summed E-state index contributed by atoms with van der Waals surface area (Å²) in [6, 6.07) is 2.76. The van der Waals surface area contributed by atoms with E-state index in [-0.39, 0.29) is 6.04 Å². The van der Waals surface area contributed by atoms with Crippen LogP contribution in [0.2, 0.25) is 5.02 Å². The molecular weight excluding hydrogens is 429 g/mol. The van der Waals surface area contributed by atoms with Crippen LogP contribution in [-0.2, 0) is 0 Å². The predicted molar refractivity (Wildman–Crippen MR) is 111 cm³/mol. The van der Waals surface area contributed by atoms with E-state index in [1.54, 1.807) is 6.20 Å². The van der Waals surface area contributed by atoms with Gasteiger partial charge < -0.3 is 15.4 Å². The minimum Gasteiger partial charge on any atom is -0.381 e. The molecule has 1 aromatic heterocycles. The van der Waals surface area contributed by atoms with Crippen LogP contribution in [0.4, 0.5) is 24.0 Å². The van der Waals surface area contributed by atoms with E-state index in [0.29, 0.717) is 40.0 Å². The van der Waals surface area contributed by atoms with Crippen molar-refractivity contribution in [2.45, 2.75) is 36.1 Å². The smallest absolute Gasteiger partial charge is 0.254 e. The summed E-state index contributed by atoms with van der Waals surface area (Å²) >= 11 is 8.76. The highest BCUT2D eigenvalue weighted by Gasteiger charge is 2.68. The first kappa shape index (κ1) is 21.5. The Morgan fingerprint density at radius 2 is 2.00 bits per heavy atom. The number of thiazole rings is 1. The Morgan fingerprint density at radius 1 is 1.25 bits per heavy atom. The van der Waals surface area contributed by atoms with Gasteiger partial charge in [-0.05, 0) is 57.4 Å². The molecule has 2 fully saturated rings. The van der Waals surface area contributed by atoms with Crippen LogP contribution < -0.4 is 15.4 Å². The highest BCUT2D eigenvalue weighted by molar-refractivity contribution is 8.00. The van der Waals surface area contributed by atoms with Crippen LogP contribution in [0, 0.1) is 17.7 Å². The largest absolute Gasteiger partial charge is 0.381 e. The second-order valence-electron chi connectivity index (χ2n) is 6.85. The maximum Gasteiger partial charge on any atom is 0.254 e. The topological polar surface area (TPSA) is 49.0 Å². The summed E-state index contributed by atoms with van der Waals surface area (Å²) in [5.41, 5.74) is 0.449. The molecular formula is C18H22ClF3N4S2. The molecule has 0 amide bonds. The Bertz CT molecular complexity index is 791. The summed E-state index contributed by atoms with van der Waals surface area (Å²) in [4.78, 5) is 4.41. The average molecular weight is 451 g/mol. The van der Waals surface area contributed by atoms with E-state index >= 15 is 0 Å². The van der Waals surface area contributed by atoms with Gasteiger partial charge in [-0.2, -0.15) is 0 Å². The summed E-state index contributed by atoms with van der Waals surface area (Å²) in [5, 5.41) is 8.74. The van der Waals surface area contributed by atoms with E-state index in [4.69, 9.17) is 11.6 Å². The Kier molecular flexibility index (Phi) is 7.01. The van der Waals surface area contributed by atoms with Gasteiger partial charge >= 0.3 is 0 Å². The van der Waals surface area contributed by atoms with Crippen molar-refractivity contribution in [2.75, 3.05) is 24.1 Å². The Labute approximate surface area is 175 Å². The lowest BCUT2D eigenvalue weighted by atomic mass is 9.95.